The zero-order chi connectivity index (χ0) is 10.2. The summed E-state index contributed by atoms with van der Waals surface area (Å²) in [6, 6.07) is 1.39. The average molecular weight is 186 g/mol. The van der Waals surface area contributed by atoms with Crippen molar-refractivity contribution in [2.45, 2.75) is 65.7 Å². The second kappa shape index (κ2) is 3.17. The van der Waals surface area contributed by atoms with E-state index in [4.69, 9.17) is 0 Å². The van der Waals surface area contributed by atoms with Crippen LogP contribution >= 0.6 is 0 Å². The lowest BCUT2D eigenvalue weighted by Gasteiger charge is -2.49. The lowest BCUT2D eigenvalue weighted by atomic mass is 9.82. The lowest BCUT2D eigenvalue weighted by Crippen LogP contribution is -2.45. The number of hydrogen-bond donors (Lipinski definition) is 0. The second-order valence-electron chi connectivity index (χ2n) is 6.11. The van der Waals surface area contributed by atoms with Gasteiger partial charge < -0.3 is 0 Å². The molecule has 0 nitrogen and oxygen atoms in total. The Hall–Kier alpha value is 0.217. The Balaban J connectivity index is 4.85. The van der Waals surface area contributed by atoms with Gasteiger partial charge in [-0.25, -0.2) is 0 Å². The van der Waals surface area contributed by atoms with Crippen LogP contribution in [-0.2, 0) is 0 Å². The van der Waals surface area contributed by atoms with E-state index in [0.717, 1.165) is 0 Å². The third-order valence-electron chi connectivity index (χ3n) is 4.45. The Bertz CT molecular complexity index is 149. The van der Waals surface area contributed by atoms with Crippen LogP contribution in [0.15, 0.2) is 0 Å². The highest BCUT2D eigenvalue weighted by Crippen LogP contribution is 2.53. The van der Waals surface area contributed by atoms with Gasteiger partial charge in [-0.05, 0) is 10.5 Å². The zero-order valence-electron chi connectivity index (χ0n) is 10.2. The van der Waals surface area contributed by atoms with Crippen LogP contribution in [0.25, 0.3) is 0 Å². The molecule has 0 radical (unpaired) electrons. The van der Waals surface area contributed by atoms with E-state index >= 15 is 0 Å². The van der Waals surface area contributed by atoms with Crippen LogP contribution in [0.1, 0.15) is 41.5 Å². The van der Waals surface area contributed by atoms with Crippen molar-refractivity contribution in [3.8, 4) is 0 Å². The van der Waals surface area contributed by atoms with Crippen LogP contribution < -0.4 is 0 Å². The molecule has 0 aromatic heterocycles. The topological polar surface area (TPSA) is 0 Å². The minimum atomic E-state index is -1.04. The fourth-order valence-corrected chi connectivity index (χ4v) is 4.37. The van der Waals surface area contributed by atoms with Gasteiger partial charge >= 0.3 is 0 Å². The van der Waals surface area contributed by atoms with Crippen molar-refractivity contribution in [1.29, 1.82) is 0 Å². The maximum absolute atomic E-state index is 2.51. The Morgan fingerprint density at radius 1 is 0.917 bits per heavy atom. The quantitative estimate of drug-likeness (QED) is 0.555. The molecule has 0 bridgehead atoms. The second-order valence-corrected chi connectivity index (χ2v) is 11.8. The number of hydrogen-bond acceptors (Lipinski definition) is 0. The number of rotatable bonds is 2. The molecule has 0 saturated carbocycles. The van der Waals surface area contributed by atoms with Crippen LogP contribution in [0.4, 0.5) is 0 Å². The molecule has 0 N–H and O–H groups in total. The van der Waals surface area contributed by atoms with Gasteiger partial charge in [0, 0.05) is 0 Å². The van der Waals surface area contributed by atoms with Gasteiger partial charge in [0.15, 0.2) is 0 Å². The molecule has 0 aliphatic carbocycles. The van der Waals surface area contributed by atoms with Gasteiger partial charge in [0.05, 0.1) is 8.07 Å². The summed E-state index contributed by atoms with van der Waals surface area (Å²) in [6.07, 6.45) is 0. The summed E-state index contributed by atoms with van der Waals surface area (Å²) in [5.74, 6) is 0. The smallest absolute Gasteiger partial charge is 0.0533 e. The lowest BCUT2D eigenvalue weighted by molar-refractivity contribution is 0.288. The molecule has 0 aromatic rings. The van der Waals surface area contributed by atoms with Crippen molar-refractivity contribution in [3.63, 3.8) is 0 Å². The maximum Gasteiger partial charge on any atom is 0.0533 e. The van der Waals surface area contributed by atoms with Crippen molar-refractivity contribution in [2.24, 2.45) is 5.41 Å². The van der Waals surface area contributed by atoms with Crippen LogP contribution in [-0.4, -0.2) is 8.07 Å². The maximum atomic E-state index is 2.51. The SMILES string of the molecule is CC[Si](C)(C)C(C)(C)C(C)(C)C. The summed E-state index contributed by atoms with van der Waals surface area (Å²) in [5.41, 5.74) is 0.443. The monoisotopic (exact) mass is 186 g/mol. The predicted octanol–water partition coefficient (Wildman–Crippen LogP) is 4.54. The first-order valence-electron chi connectivity index (χ1n) is 5.06. The summed E-state index contributed by atoms with van der Waals surface area (Å²) in [5, 5.41) is 0.523. The summed E-state index contributed by atoms with van der Waals surface area (Å²) < 4.78 is 0. The van der Waals surface area contributed by atoms with Crippen LogP contribution in [0, 0.1) is 5.41 Å². The van der Waals surface area contributed by atoms with Crippen LogP contribution in [0.2, 0.25) is 24.2 Å². The van der Waals surface area contributed by atoms with Gasteiger partial charge in [0.1, 0.15) is 0 Å². The predicted molar refractivity (Wildman–Crippen MR) is 61.5 cm³/mol. The highest BCUT2D eigenvalue weighted by Gasteiger charge is 2.45. The van der Waals surface area contributed by atoms with Gasteiger partial charge in [-0.15, -0.1) is 0 Å². The van der Waals surface area contributed by atoms with E-state index < -0.39 is 8.07 Å². The zero-order valence-corrected chi connectivity index (χ0v) is 11.2. The molecule has 0 aliphatic rings. The van der Waals surface area contributed by atoms with Crippen LogP contribution in [0.3, 0.4) is 0 Å². The Kier molecular flexibility index (Phi) is 3.23. The highest BCUT2D eigenvalue weighted by atomic mass is 28.3. The Labute approximate surface area is 79.8 Å². The average Bonchev–Trinajstić information content (AvgIpc) is 1.85. The Morgan fingerprint density at radius 2 is 1.25 bits per heavy atom. The third-order valence-corrected chi connectivity index (χ3v) is 10.4. The van der Waals surface area contributed by atoms with E-state index in [2.05, 4.69) is 54.6 Å². The molecule has 0 saturated heterocycles. The van der Waals surface area contributed by atoms with Crippen molar-refractivity contribution < 1.29 is 0 Å². The summed E-state index contributed by atoms with van der Waals surface area (Å²) >= 11 is 0. The summed E-state index contributed by atoms with van der Waals surface area (Å²) in [6.45, 7) is 19.4. The molecule has 0 heterocycles. The summed E-state index contributed by atoms with van der Waals surface area (Å²) in [4.78, 5) is 0. The van der Waals surface area contributed by atoms with E-state index in [1.54, 1.807) is 0 Å². The van der Waals surface area contributed by atoms with E-state index in [-0.39, 0.29) is 0 Å². The molecule has 0 rings (SSSR count). The highest BCUT2D eigenvalue weighted by molar-refractivity contribution is 6.80. The molecule has 74 valence electrons. The largest absolute Gasteiger partial charge is 0.0690 e. The van der Waals surface area contributed by atoms with Crippen molar-refractivity contribution in [1.82, 2.24) is 0 Å². The van der Waals surface area contributed by atoms with E-state index in [1.165, 1.54) is 6.04 Å². The first-order chi connectivity index (χ1) is 5.06. The van der Waals surface area contributed by atoms with Crippen molar-refractivity contribution >= 4 is 8.07 Å². The van der Waals surface area contributed by atoms with Crippen LogP contribution in [0.5, 0.6) is 0 Å². The molecule has 0 fully saturated rings. The van der Waals surface area contributed by atoms with Crippen molar-refractivity contribution in [3.05, 3.63) is 0 Å². The summed E-state index contributed by atoms with van der Waals surface area (Å²) in [7, 11) is -1.04. The third kappa shape index (κ3) is 1.93. The molecular formula is C11H26Si. The fraction of sp³-hybridized carbons (Fsp3) is 1.00. The van der Waals surface area contributed by atoms with Crippen molar-refractivity contribution in [2.75, 3.05) is 0 Å². The van der Waals surface area contributed by atoms with E-state index in [1.807, 2.05) is 0 Å². The van der Waals surface area contributed by atoms with Gasteiger partial charge in [-0.3, -0.25) is 0 Å². The molecule has 12 heavy (non-hydrogen) atoms. The molecular weight excluding hydrogens is 160 g/mol. The van der Waals surface area contributed by atoms with Gasteiger partial charge in [0.2, 0.25) is 0 Å². The van der Waals surface area contributed by atoms with E-state index in [0.29, 0.717) is 10.5 Å². The molecule has 0 amide bonds. The molecule has 0 aliphatic heterocycles. The van der Waals surface area contributed by atoms with E-state index in [9.17, 15) is 0 Å². The molecule has 1 heteroatoms. The molecule has 0 atom stereocenters. The normalized spacial score (nSPS) is 15.0. The minimum Gasteiger partial charge on any atom is -0.0690 e. The Morgan fingerprint density at radius 3 is 1.33 bits per heavy atom. The van der Waals surface area contributed by atoms with Gasteiger partial charge in [-0.1, -0.05) is 60.7 Å². The first-order valence-corrected chi connectivity index (χ1v) is 8.27. The van der Waals surface area contributed by atoms with Gasteiger partial charge in [0.25, 0.3) is 0 Å². The first kappa shape index (κ1) is 12.2. The molecule has 0 unspecified atom stereocenters. The fourth-order valence-electron chi connectivity index (χ4n) is 1.46. The van der Waals surface area contributed by atoms with Gasteiger partial charge in [-0.2, -0.15) is 0 Å². The molecule has 0 aromatic carbocycles. The standard InChI is InChI=1S/C11H26Si/c1-9-12(7,8)11(5,6)10(2,3)4/h9H2,1-8H3. The minimum absolute atomic E-state index is 0.443. The molecule has 0 spiro atoms.